The van der Waals surface area contributed by atoms with Crippen LogP contribution in [0, 0.1) is 5.92 Å². The van der Waals surface area contributed by atoms with Crippen LogP contribution >= 0.6 is 0 Å². The highest BCUT2D eigenvalue weighted by Gasteiger charge is 2.34. The summed E-state index contributed by atoms with van der Waals surface area (Å²) < 4.78 is 10.8. The van der Waals surface area contributed by atoms with Gasteiger partial charge in [0.25, 0.3) is 0 Å². The van der Waals surface area contributed by atoms with Gasteiger partial charge in [0.2, 0.25) is 0 Å². The molecule has 1 heterocycles. The van der Waals surface area contributed by atoms with E-state index in [4.69, 9.17) is 9.47 Å². The van der Waals surface area contributed by atoms with Crippen LogP contribution in [0.3, 0.4) is 0 Å². The number of ether oxygens (including phenoxy) is 2. The van der Waals surface area contributed by atoms with E-state index in [9.17, 15) is 0 Å². The number of methoxy groups -OCH3 is 2. The second-order valence-corrected chi connectivity index (χ2v) is 6.31. The van der Waals surface area contributed by atoms with Gasteiger partial charge in [-0.1, -0.05) is 13.8 Å². The molecule has 20 heavy (non-hydrogen) atoms. The summed E-state index contributed by atoms with van der Waals surface area (Å²) >= 11 is 0. The monoisotopic (exact) mass is 277 g/mol. The number of rotatable bonds is 6. The molecule has 1 fully saturated rings. The number of nitrogens with one attached hydrogen (secondary N) is 1. The predicted molar refractivity (Wildman–Crippen MR) is 82.7 cm³/mol. The van der Waals surface area contributed by atoms with Crippen molar-refractivity contribution in [3.05, 3.63) is 23.8 Å². The van der Waals surface area contributed by atoms with Crippen molar-refractivity contribution in [2.45, 2.75) is 45.1 Å². The third-order valence-electron chi connectivity index (χ3n) is 4.08. The number of hydrogen-bond acceptors (Lipinski definition) is 3. The SMILES string of the molecule is COc1cc(CC2(CC(C)C)CCCN2)cc(OC)c1. The molecule has 1 saturated heterocycles. The lowest BCUT2D eigenvalue weighted by Gasteiger charge is -2.32. The second kappa shape index (κ2) is 6.49. The molecule has 0 amide bonds. The third-order valence-corrected chi connectivity index (χ3v) is 4.08. The minimum Gasteiger partial charge on any atom is -0.497 e. The van der Waals surface area contributed by atoms with Gasteiger partial charge in [-0.3, -0.25) is 0 Å². The molecule has 1 aliphatic heterocycles. The Kier molecular flexibility index (Phi) is 4.92. The topological polar surface area (TPSA) is 30.5 Å². The van der Waals surface area contributed by atoms with Crippen molar-refractivity contribution in [1.82, 2.24) is 5.32 Å². The quantitative estimate of drug-likeness (QED) is 0.864. The molecule has 1 aromatic carbocycles. The van der Waals surface area contributed by atoms with Crippen molar-refractivity contribution >= 4 is 0 Å². The highest BCUT2D eigenvalue weighted by atomic mass is 16.5. The maximum atomic E-state index is 5.38. The highest BCUT2D eigenvalue weighted by molar-refractivity contribution is 5.39. The first kappa shape index (κ1) is 15.2. The summed E-state index contributed by atoms with van der Waals surface area (Å²) in [5, 5.41) is 3.74. The van der Waals surface area contributed by atoms with Crippen molar-refractivity contribution in [3.63, 3.8) is 0 Å². The second-order valence-electron chi connectivity index (χ2n) is 6.31. The Morgan fingerprint density at radius 1 is 1.15 bits per heavy atom. The third kappa shape index (κ3) is 3.66. The van der Waals surface area contributed by atoms with E-state index in [1.807, 2.05) is 6.07 Å². The Bertz CT molecular complexity index is 414. The Balaban J connectivity index is 2.21. The van der Waals surface area contributed by atoms with Crippen LogP contribution in [0.4, 0.5) is 0 Å². The van der Waals surface area contributed by atoms with E-state index in [0.717, 1.165) is 24.5 Å². The van der Waals surface area contributed by atoms with Gasteiger partial charge in [0.05, 0.1) is 14.2 Å². The van der Waals surface area contributed by atoms with Crippen LogP contribution in [0.5, 0.6) is 11.5 Å². The standard InChI is InChI=1S/C17H27NO2/c1-13(2)11-17(6-5-7-18-17)12-14-8-15(19-3)10-16(9-14)20-4/h8-10,13,18H,5-7,11-12H2,1-4H3. The van der Waals surface area contributed by atoms with Gasteiger partial charge >= 0.3 is 0 Å². The fourth-order valence-corrected chi connectivity index (χ4v) is 3.41. The lowest BCUT2D eigenvalue weighted by molar-refractivity contribution is 0.300. The zero-order valence-electron chi connectivity index (χ0n) is 13.2. The van der Waals surface area contributed by atoms with Gasteiger partial charge in [-0.15, -0.1) is 0 Å². The minimum atomic E-state index is 0.242. The van der Waals surface area contributed by atoms with Crippen LogP contribution in [0.2, 0.25) is 0 Å². The highest BCUT2D eigenvalue weighted by Crippen LogP contribution is 2.33. The summed E-state index contributed by atoms with van der Waals surface area (Å²) in [7, 11) is 3.41. The van der Waals surface area contributed by atoms with Crippen LogP contribution in [0.15, 0.2) is 18.2 Å². The Labute approximate surface area is 122 Å². The maximum absolute atomic E-state index is 5.38. The Morgan fingerprint density at radius 3 is 2.25 bits per heavy atom. The molecule has 2 rings (SSSR count). The molecule has 1 atom stereocenters. The fraction of sp³-hybridized carbons (Fsp3) is 0.647. The molecule has 0 spiro atoms. The lowest BCUT2D eigenvalue weighted by Crippen LogP contribution is -2.43. The van der Waals surface area contributed by atoms with Crippen LogP contribution < -0.4 is 14.8 Å². The first-order valence-electron chi connectivity index (χ1n) is 7.54. The molecule has 1 aromatic rings. The molecule has 0 radical (unpaired) electrons. The van der Waals surface area contributed by atoms with Crippen molar-refractivity contribution in [2.75, 3.05) is 20.8 Å². The van der Waals surface area contributed by atoms with Crippen molar-refractivity contribution in [1.29, 1.82) is 0 Å². The summed E-state index contributed by atoms with van der Waals surface area (Å²) in [6.07, 6.45) is 4.78. The molecule has 0 saturated carbocycles. The average molecular weight is 277 g/mol. The molecular formula is C17H27NO2. The van der Waals surface area contributed by atoms with Gasteiger partial charge < -0.3 is 14.8 Å². The molecule has 0 aliphatic carbocycles. The normalized spacial score (nSPS) is 22.2. The average Bonchev–Trinajstić information content (AvgIpc) is 2.85. The lowest BCUT2D eigenvalue weighted by atomic mass is 9.82. The molecule has 1 N–H and O–H groups in total. The molecule has 0 aromatic heterocycles. The Morgan fingerprint density at radius 2 is 1.80 bits per heavy atom. The first-order valence-corrected chi connectivity index (χ1v) is 7.54. The van der Waals surface area contributed by atoms with Crippen molar-refractivity contribution < 1.29 is 9.47 Å². The molecule has 1 aliphatic rings. The van der Waals surface area contributed by atoms with Crippen LogP contribution in [-0.4, -0.2) is 26.3 Å². The van der Waals surface area contributed by atoms with Crippen LogP contribution in [0.1, 0.15) is 38.7 Å². The molecular weight excluding hydrogens is 250 g/mol. The summed E-state index contributed by atoms with van der Waals surface area (Å²) in [6, 6.07) is 6.19. The summed E-state index contributed by atoms with van der Waals surface area (Å²) in [5.41, 5.74) is 1.53. The van der Waals surface area contributed by atoms with E-state index in [-0.39, 0.29) is 5.54 Å². The van der Waals surface area contributed by atoms with E-state index >= 15 is 0 Å². The van der Waals surface area contributed by atoms with Crippen LogP contribution in [-0.2, 0) is 6.42 Å². The van der Waals surface area contributed by atoms with Gasteiger partial charge in [-0.2, -0.15) is 0 Å². The van der Waals surface area contributed by atoms with E-state index in [1.165, 1.54) is 24.8 Å². The van der Waals surface area contributed by atoms with E-state index < -0.39 is 0 Å². The summed E-state index contributed by atoms with van der Waals surface area (Å²) in [4.78, 5) is 0. The van der Waals surface area contributed by atoms with Gasteiger partial charge in [0.15, 0.2) is 0 Å². The largest absolute Gasteiger partial charge is 0.497 e. The van der Waals surface area contributed by atoms with Gasteiger partial charge in [-0.05, 0) is 55.8 Å². The first-order chi connectivity index (χ1) is 9.57. The molecule has 0 bridgehead atoms. The van der Waals surface area contributed by atoms with E-state index in [0.29, 0.717) is 5.92 Å². The minimum absolute atomic E-state index is 0.242. The van der Waals surface area contributed by atoms with Crippen molar-refractivity contribution in [3.8, 4) is 11.5 Å². The van der Waals surface area contributed by atoms with Crippen molar-refractivity contribution in [2.24, 2.45) is 5.92 Å². The summed E-state index contributed by atoms with van der Waals surface area (Å²) in [6.45, 7) is 5.73. The fourth-order valence-electron chi connectivity index (χ4n) is 3.41. The molecule has 3 nitrogen and oxygen atoms in total. The maximum Gasteiger partial charge on any atom is 0.122 e. The summed E-state index contributed by atoms with van der Waals surface area (Å²) in [5.74, 6) is 2.45. The van der Waals surface area contributed by atoms with E-state index in [2.05, 4.69) is 31.3 Å². The number of benzene rings is 1. The van der Waals surface area contributed by atoms with E-state index in [1.54, 1.807) is 14.2 Å². The molecule has 3 heteroatoms. The molecule has 1 unspecified atom stereocenters. The zero-order valence-corrected chi connectivity index (χ0v) is 13.2. The van der Waals surface area contributed by atoms with Gasteiger partial charge in [-0.25, -0.2) is 0 Å². The zero-order chi connectivity index (χ0) is 14.6. The van der Waals surface area contributed by atoms with Gasteiger partial charge in [0, 0.05) is 11.6 Å². The molecule has 112 valence electrons. The Hall–Kier alpha value is -1.22. The smallest absolute Gasteiger partial charge is 0.122 e. The predicted octanol–water partition coefficient (Wildman–Crippen LogP) is 3.41. The van der Waals surface area contributed by atoms with Gasteiger partial charge in [0.1, 0.15) is 11.5 Å². The number of hydrogen-bond donors (Lipinski definition) is 1. The van der Waals surface area contributed by atoms with Crippen LogP contribution in [0.25, 0.3) is 0 Å².